The molecule has 3 rings (SSSR count). The molecular formula is C15H16ClN3O3S2. The molecule has 1 aliphatic heterocycles. The molecule has 9 heteroatoms. The second kappa shape index (κ2) is 6.79. The number of carbonyl (C=O) groups excluding carboxylic acids is 1. The van der Waals surface area contributed by atoms with Gasteiger partial charge < -0.3 is 5.32 Å². The van der Waals surface area contributed by atoms with E-state index in [9.17, 15) is 13.2 Å². The molecule has 1 amide bonds. The molecule has 1 aromatic heterocycles. The van der Waals surface area contributed by atoms with Gasteiger partial charge in [0.05, 0.1) is 11.9 Å². The number of hydrogen-bond donors (Lipinski definition) is 1. The minimum Gasteiger partial charge on any atom is -0.301 e. The van der Waals surface area contributed by atoms with E-state index in [2.05, 4.69) is 10.3 Å². The second-order valence-electron chi connectivity index (χ2n) is 5.54. The zero-order chi connectivity index (χ0) is 17.3. The highest BCUT2D eigenvalue weighted by molar-refractivity contribution is 7.88. The third kappa shape index (κ3) is 3.61. The van der Waals surface area contributed by atoms with Gasteiger partial charge in [-0.1, -0.05) is 29.8 Å². The summed E-state index contributed by atoms with van der Waals surface area (Å²) in [6.45, 7) is 0.375. The molecule has 1 unspecified atom stereocenters. The maximum atomic E-state index is 12.4. The number of carbonyl (C=O) groups is 1. The molecule has 2 heterocycles. The van der Waals surface area contributed by atoms with Crippen LogP contribution in [0.3, 0.4) is 0 Å². The lowest BCUT2D eigenvalue weighted by molar-refractivity contribution is -0.119. The van der Waals surface area contributed by atoms with Gasteiger partial charge >= 0.3 is 0 Å². The first-order chi connectivity index (χ1) is 11.4. The number of amides is 1. The molecule has 24 heavy (non-hydrogen) atoms. The van der Waals surface area contributed by atoms with E-state index in [4.69, 9.17) is 11.6 Å². The highest BCUT2D eigenvalue weighted by atomic mass is 35.5. The van der Waals surface area contributed by atoms with Gasteiger partial charge in [-0.05, 0) is 18.9 Å². The predicted molar refractivity (Wildman–Crippen MR) is 95.8 cm³/mol. The molecule has 1 aliphatic rings. The second-order valence-corrected chi connectivity index (χ2v) is 8.74. The van der Waals surface area contributed by atoms with Crippen molar-refractivity contribution in [2.45, 2.75) is 18.9 Å². The number of anilines is 1. The summed E-state index contributed by atoms with van der Waals surface area (Å²) in [5.74, 6) is -0.349. The molecule has 1 atom stereocenters. The molecule has 1 fully saturated rings. The Bertz CT molecular complexity index is 866. The van der Waals surface area contributed by atoms with Gasteiger partial charge in [-0.2, -0.15) is 4.31 Å². The fourth-order valence-corrected chi connectivity index (χ4v) is 4.78. The normalized spacial score (nSPS) is 18.7. The van der Waals surface area contributed by atoms with Crippen LogP contribution in [0.25, 0.3) is 11.3 Å². The standard InChI is InChI=1S/C15H16ClN3O3S2/c1-24(21,22)19-8-4-7-13(19)14(20)18-15-17-12(9-23-15)10-5-2-3-6-11(10)16/h2-3,5-6,9,13H,4,7-8H2,1H3,(H,17,18,20). The van der Waals surface area contributed by atoms with Crippen LogP contribution in [-0.4, -0.2) is 42.5 Å². The van der Waals surface area contributed by atoms with Crippen LogP contribution in [0.4, 0.5) is 5.13 Å². The minimum absolute atomic E-state index is 0.349. The number of aromatic nitrogens is 1. The van der Waals surface area contributed by atoms with Crippen molar-refractivity contribution in [1.29, 1.82) is 0 Å². The van der Waals surface area contributed by atoms with E-state index in [-0.39, 0.29) is 5.91 Å². The molecule has 2 aromatic rings. The van der Waals surface area contributed by atoms with Crippen molar-refractivity contribution < 1.29 is 13.2 Å². The molecule has 0 bridgehead atoms. The van der Waals surface area contributed by atoms with Gasteiger partial charge in [-0.15, -0.1) is 11.3 Å². The van der Waals surface area contributed by atoms with Crippen molar-refractivity contribution in [3.63, 3.8) is 0 Å². The lowest BCUT2D eigenvalue weighted by atomic mass is 10.2. The molecule has 0 saturated carbocycles. The van der Waals surface area contributed by atoms with E-state index in [1.54, 1.807) is 11.4 Å². The van der Waals surface area contributed by atoms with Gasteiger partial charge in [0.15, 0.2) is 5.13 Å². The molecule has 6 nitrogen and oxygen atoms in total. The first kappa shape index (κ1) is 17.3. The topological polar surface area (TPSA) is 79.4 Å². The van der Waals surface area contributed by atoms with Gasteiger partial charge in [-0.3, -0.25) is 4.79 Å². The number of nitrogens with zero attached hydrogens (tertiary/aromatic N) is 2. The van der Waals surface area contributed by atoms with Crippen LogP contribution in [0, 0.1) is 0 Å². The van der Waals surface area contributed by atoms with Crippen molar-refractivity contribution in [2.24, 2.45) is 0 Å². The lowest BCUT2D eigenvalue weighted by Crippen LogP contribution is -2.42. The number of hydrogen-bond acceptors (Lipinski definition) is 5. The summed E-state index contributed by atoms with van der Waals surface area (Å²) in [6.07, 6.45) is 2.31. The third-order valence-electron chi connectivity index (χ3n) is 3.82. The van der Waals surface area contributed by atoms with Crippen molar-refractivity contribution in [2.75, 3.05) is 18.1 Å². The summed E-state index contributed by atoms with van der Waals surface area (Å²) < 4.78 is 24.7. The smallest absolute Gasteiger partial charge is 0.244 e. The molecule has 1 N–H and O–H groups in total. The summed E-state index contributed by atoms with van der Waals surface area (Å²) in [5, 5.41) is 5.53. The fraction of sp³-hybridized carbons (Fsp3) is 0.333. The first-order valence-corrected chi connectivity index (χ1v) is 10.4. The molecule has 128 valence electrons. The zero-order valence-electron chi connectivity index (χ0n) is 12.9. The largest absolute Gasteiger partial charge is 0.301 e. The van der Waals surface area contributed by atoms with Crippen LogP contribution < -0.4 is 5.32 Å². The van der Waals surface area contributed by atoms with E-state index in [0.29, 0.717) is 35.2 Å². The van der Waals surface area contributed by atoms with Crippen molar-refractivity contribution in [3.8, 4) is 11.3 Å². The van der Waals surface area contributed by atoms with Gasteiger partial charge in [-0.25, -0.2) is 13.4 Å². The number of rotatable bonds is 4. The van der Waals surface area contributed by atoms with Gasteiger partial charge in [0, 0.05) is 22.5 Å². The maximum absolute atomic E-state index is 12.4. The highest BCUT2D eigenvalue weighted by Crippen LogP contribution is 2.30. The van der Waals surface area contributed by atoms with E-state index in [1.165, 1.54) is 15.6 Å². The minimum atomic E-state index is -3.39. The van der Waals surface area contributed by atoms with Crippen molar-refractivity contribution >= 4 is 44.0 Å². The summed E-state index contributed by atoms with van der Waals surface area (Å²) in [6, 6.07) is 6.65. The Balaban J connectivity index is 1.75. The van der Waals surface area contributed by atoms with Crippen LogP contribution in [0.1, 0.15) is 12.8 Å². The van der Waals surface area contributed by atoms with E-state index in [0.717, 1.165) is 11.8 Å². The molecule has 0 aliphatic carbocycles. The van der Waals surface area contributed by atoms with E-state index >= 15 is 0 Å². The fourth-order valence-electron chi connectivity index (χ4n) is 2.71. The maximum Gasteiger partial charge on any atom is 0.244 e. The quantitative estimate of drug-likeness (QED) is 0.877. The number of nitrogens with one attached hydrogen (secondary N) is 1. The Kier molecular flexibility index (Phi) is 4.91. The molecule has 0 radical (unpaired) electrons. The van der Waals surface area contributed by atoms with Crippen molar-refractivity contribution in [1.82, 2.24) is 9.29 Å². The first-order valence-electron chi connectivity index (χ1n) is 7.34. The number of benzene rings is 1. The molecule has 1 aromatic carbocycles. The van der Waals surface area contributed by atoms with Gasteiger partial charge in [0.2, 0.25) is 15.9 Å². The Labute approximate surface area is 149 Å². The SMILES string of the molecule is CS(=O)(=O)N1CCCC1C(=O)Nc1nc(-c2ccccc2Cl)cs1. The summed E-state index contributed by atoms with van der Waals surface area (Å²) in [5.41, 5.74) is 1.46. The van der Waals surface area contributed by atoms with E-state index in [1.807, 2.05) is 18.2 Å². The van der Waals surface area contributed by atoms with Crippen molar-refractivity contribution in [3.05, 3.63) is 34.7 Å². The van der Waals surface area contributed by atoms with Crippen LogP contribution in [-0.2, 0) is 14.8 Å². The summed E-state index contributed by atoms with van der Waals surface area (Å²) in [7, 11) is -3.39. The Hall–Kier alpha value is -1.48. The number of sulfonamides is 1. The predicted octanol–water partition coefficient (Wildman–Crippen LogP) is 2.83. The molecule has 1 saturated heterocycles. The zero-order valence-corrected chi connectivity index (χ0v) is 15.3. The Morgan fingerprint density at radius 2 is 2.17 bits per heavy atom. The number of thiazole rings is 1. The monoisotopic (exact) mass is 385 g/mol. The number of halogens is 1. The van der Waals surface area contributed by atoms with Crippen LogP contribution in [0.2, 0.25) is 5.02 Å². The lowest BCUT2D eigenvalue weighted by Gasteiger charge is -2.20. The molecule has 0 spiro atoms. The third-order valence-corrected chi connectivity index (χ3v) is 6.19. The van der Waals surface area contributed by atoms with E-state index < -0.39 is 16.1 Å². The Morgan fingerprint density at radius 3 is 2.88 bits per heavy atom. The summed E-state index contributed by atoms with van der Waals surface area (Å²) in [4.78, 5) is 16.8. The average Bonchev–Trinajstić information content (AvgIpc) is 3.16. The van der Waals surface area contributed by atoms with Crippen LogP contribution in [0.15, 0.2) is 29.6 Å². The van der Waals surface area contributed by atoms with Gasteiger partial charge in [0.1, 0.15) is 6.04 Å². The van der Waals surface area contributed by atoms with Crippen LogP contribution >= 0.6 is 22.9 Å². The Morgan fingerprint density at radius 1 is 1.42 bits per heavy atom. The summed E-state index contributed by atoms with van der Waals surface area (Å²) >= 11 is 7.43. The van der Waals surface area contributed by atoms with Crippen LogP contribution in [0.5, 0.6) is 0 Å². The van der Waals surface area contributed by atoms with Gasteiger partial charge in [0.25, 0.3) is 0 Å². The average molecular weight is 386 g/mol. The molecular weight excluding hydrogens is 370 g/mol. The highest BCUT2D eigenvalue weighted by Gasteiger charge is 2.36.